The first-order valence-corrected chi connectivity index (χ1v) is 13.8. The van der Waals surface area contributed by atoms with Crippen LogP contribution in [0.25, 0.3) is 0 Å². The van der Waals surface area contributed by atoms with Crippen molar-refractivity contribution in [1.29, 1.82) is 0 Å². The molecule has 1 unspecified atom stereocenters. The number of hydrogen-bond acceptors (Lipinski definition) is 4. The lowest BCUT2D eigenvalue weighted by Crippen LogP contribution is -2.19. The third kappa shape index (κ3) is 6.98. The van der Waals surface area contributed by atoms with Crippen LogP contribution in [0.4, 0.5) is 11.4 Å². The molecule has 0 aliphatic heterocycles. The lowest BCUT2D eigenvalue weighted by molar-refractivity contribution is -0.115. The monoisotopic (exact) mass is 544 g/mol. The first-order chi connectivity index (χ1) is 19.5. The number of para-hydroxylation sites is 1. The summed E-state index contributed by atoms with van der Waals surface area (Å²) in [6.07, 6.45) is 0. The summed E-state index contributed by atoms with van der Waals surface area (Å²) in [5.41, 5.74) is 3.75. The molecule has 0 aromatic heterocycles. The number of carbonyl (C=O) groups is 2. The molecule has 0 radical (unpaired) electrons. The van der Waals surface area contributed by atoms with E-state index in [4.69, 9.17) is 4.74 Å². The lowest BCUT2D eigenvalue weighted by Gasteiger charge is -2.18. The van der Waals surface area contributed by atoms with Gasteiger partial charge in [0.15, 0.2) is 0 Å². The number of aryl methyl sites for hydroxylation is 1. The number of rotatable bonds is 9. The molecule has 5 aromatic rings. The molecule has 0 fully saturated rings. The Hall–Kier alpha value is -4.81. The molecule has 2 N–H and O–H groups in total. The zero-order valence-corrected chi connectivity index (χ0v) is 22.7. The van der Waals surface area contributed by atoms with Gasteiger partial charge in [0.05, 0.1) is 0 Å². The van der Waals surface area contributed by atoms with Gasteiger partial charge >= 0.3 is 0 Å². The van der Waals surface area contributed by atoms with Crippen LogP contribution >= 0.6 is 11.8 Å². The van der Waals surface area contributed by atoms with Gasteiger partial charge in [0.1, 0.15) is 16.7 Å². The number of amides is 2. The van der Waals surface area contributed by atoms with Crippen LogP contribution in [0, 0.1) is 6.92 Å². The van der Waals surface area contributed by atoms with E-state index in [1.807, 2.05) is 134 Å². The van der Waals surface area contributed by atoms with Gasteiger partial charge < -0.3 is 15.4 Å². The molecule has 0 aliphatic rings. The Morgan fingerprint density at radius 1 is 0.650 bits per heavy atom. The Bertz CT molecular complexity index is 1590. The first kappa shape index (κ1) is 26.8. The summed E-state index contributed by atoms with van der Waals surface area (Å²) >= 11 is 1.43. The van der Waals surface area contributed by atoms with E-state index in [0.717, 1.165) is 21.8 Å². The smallest absolute Gasteiger partial charge is 0.255 e. The second-order valence-corrected chi connectivity index (χ2v) is 10.3. The van der Waals surface area contributed by atoms with Gasteiger partial charge in [0, 0.05) is 21.8 Å². The van der Waals surface area contributed by atoms with Crippen LogP contribution in [-0.2, 0) is 4.79 Å². The maximum absolute atomic E-state index is 13.5. The maximum atomic E-state index is 13.5. The van der Waals surface area contributed by atoms with Crippen LogP contribution in [0.2, 0.25) is 0 Å². The highest BCUT2D eigenvalue weighted by atomic mass is 32.2. The predicted molar refractivity (Wildman–Crippen MR) is 162 cm³/mol. The summed E-state index contributed by atoms with van der Waals surface area (Å²) in [5.74, 6) is 1.11. The molecule has 0 spiro atoms. The molecular formula is C34H28N2O3S. The number of thioether (sulfide) groups is 1. The number of ether oxygens (including phenoxy) is 1. The van der Waals surface area contributed by atoms with Crippen molar-refractivity contribution in [1.82, 2.24) is 0 Å². The van der Waals surface area contributed by atoms with E-state index in [1.165, 1.54) is 11.8 Å². The van der Waals surface area contributed by atoms with E-state index in [2.05, 4.69) is 10.6 Å². The predicted octanol–water partition coefficient (Wildman–Crippen LogP) is 8.51. The van der Waals surface area contributed by atoms with Gasteiger partial charge in [-0.3, -0.25) is 9.59 Å². The van der Waals surface area contributed by atoms with Crippen molar-refractivity contribution in [2.45, 2.75) is 17.1 Å². The van der Waals surface area contributed by atoms with E-state index in [0.29, 0.717) is 22.7 Å². The molecule has 5 rings (SSSR count). The average molecular weight is 545 g/mol. The minimum absolute atomic E-state index is 0.151. The zero-order valence-electron chi connectivity index (χ0n) is 21.9. The van der Waals surface area contributed by atoms with Crippen molar-refractivity contribution in [3.05, 3.63) is 150 Å². The minimum atomic E-state index is -0.510. The fraction of sp³-hybridized carbons (Fsp3) is 0.0588. The molecule has 1 atom stereocenters. The van der Waals surface area contributed by atoms with Crippen LogP contribution in [0.1, 0.15) is 26.7 Å². The number of carbonyl (C=O) groups excluding carboxylic acids is 2. The van der Waals surface area contributed by atoms with Crippen LogP contribution < -0.4 is 15.4 Å². The molecule has 0 heterocycles. The summed E-state index contributed by atoms with van der Waals surface area (Å²) in [6.45, 7) is 1.91. The van der Waals surface area contributed by atoms with Gasteiger partial charge in [0.25, 0.3) is 5.91 Å². The fourth-order valence-corrected chi connectivity index (χ4v) is 5.23. The van der Waals surface area contributed by atoms with Crippen LogP contribution in [-0.4, -0.2) is 11.8 Å². The van der Waals surface area contributed by atoms with Crippen LogP contribution in [0.3, 0.4) is 0 Å². The van der Waals surface area contributed by atoms with Crippen LogP contribution in [0.5, 0.6) is 11.5 Å². The summed E-state index contributed by atoms with van der Waals surface area (Å²) in [7, 11) is 0. The fourth-order valence-electron chi connectivity index (χ4n) is 4.15. The van der Waals surface area contributed by atoms with Gasteiger partial charge in [-0.2, -0.15) is 0 Å². The van der Waals surface area contributed by atoms with Crippen LogP contribution in [0.15, 0.2) is 138 Å². The van der Waals surface area contributed by atoms with Gasteiger partial charge in [-0.1, -0.05) is 72.8 Å². The van der Waals surface area contributed by atoms with Crippen molar-refractivity contribution in [3.63, 3.8) is 0 Å². The largest absolute Gasteiger partial charge is 0.457 e. The summed E-state index contributed by atoms with van der Waals surface area (Å²) in [4.78, 5) is 27.2. The van der Waals surface area contributed by atoms with Gasteiger partial charge in [-0.25, -0.2) is 0 Å². The molecule has 0 saturated carbocycles. The van der Waals surface area contributed by atoms with Crippen molar-refractivity contribution >= 4 is 35.0 Å². The third-order valence-corrected chi connectivity index (χ3v) is 7.42. The van der Waals surface area contributed by atoms with Gasteiger partial charge in [0.2, 0.25) is 5.91 Å². The molecule has 0 saturated heterocycles. The number of nitrogens with one attached hydrogen (secondary N) is 2. The molecule has 40 heavy (non-hydrogen) atoms. The molecule has 5 nitrogen and oxygen atoms in total. The van der Waals surface area contributed by atoms with Crippen molar-refractivity contribution < 1.29 is 14.3 Å². The van der Waals surface area contributed by atoms with E-state index in [9.17, 15) is 9.59 Å². The Morgan fingerprint density at radius 2 is 1.30 bits per heavy atom. The Kier molecular flexibility index (Phi) is 8.59. The minimum Gasteiger partial charge on any atom is -0.457 e. The van der Waals surface area contributed by atoms with E-state index >= 15 is 0 Å². The van der Waals surface area contributed by atoms with Crippen molar-refractivity contribution in [3.8, 4) is 11.5 Å². The van der Waals surface area contributed by atoms with Gasteiger partial charge in [-0.05, 0) is 78.7 Å². The summed E-state index contributed by atoms with van der Waals surface area (Å²) < 4.78 is 5.86. The Balaban J connectivity index is 1.30. The molecule has 6 heteroatoms. The second-order valence-electron chi connectivity index (χ2n) is 9.13. The normalized spacial score (nSPS) is 11.3. The van der Waals surface area contributed by atoms with E-state index < -0.39 is 5.25 Å². The average Bonchev–Trinajstić information content (AvgIpc) is 2.98. The maximum Gasteiger partial charge on any atom is 0.255 e. The van der Waals surface area contributed by atoms with E-state index in [1.54, 1.807) is 6.07 Å². The molecule has 198 valence electrons. The highest BCUT2D eigenvalue weighted by Gasteiger charge is 2.22. The number of anilines is 2. The van der Waals surface area contributed by atoms with Gasteiger partial charge in [-0.15, -0.1) is 11.8 Å². The molecule has 5 aromatic carbocycles. The zero-order chi connectivity index (χ0) is 27.7. The third-order valence-electron chi connectivity index (χ3n) is 6.18. The standard InChI is InChI=1S/C34H28N2O3S/c1-24-11-8-9-18-31(24)33(37)36-27-14-10-17-30(23-27)40-32(25-12-4-2-5-13-25)34(38)35-26-19-21-29(22-20-26)39-28-15-6-3-7-16-28/h2-23,32H,1H3,(H,35,38)(H,36,37). The molecule has 0 bridgehead atoms. The molecule has 2 amide bonds. The second kappa shape index (κ2) is 12.8. The highest BCUT2D eigenvalue weighted by molar-refractivity contribution is 8.00. The summed E-state index contributed by atoms with van der Waals surface area (Å²) in [6, 6.07) is 41.5. The number of hydrogen-bond donors (Lipinski definition) is 2. The Morgan fingerprint density at radius 3 is 2.02 bits per heavy atom. The van der Waals surface area contributed by atoms with Crippen molar-refractivity contribution in [2.24, 2.45) is 0 Å². The number of benzene rings is 5. The van der Waals surface area contributed by atoms with Crippen molar-refractivity contribution in [2.75, 3.05) is 10.6 Å². The van der Waals surface area contributed by atoms with E-state index in [-0.39, 0.29) is 11.8 Å². The highest BCUT2D eigenvalue weighted by Crippen LogP contribution is 2.37. The lowest BCUT2D eigenvalue weighted by atomic mass is 10.1. The summed E-state index contributed by atoms with van der Waals surface area (Å²) in [5, 5.41) is 5.51. The first-order valence-electron chi connectivity index (χ1n) is 12.9. The topological polar surface area (TPSA) is 67.4 Å². The quantitative estimate of drug-likeness (QED) is 0.183. The Labute approximate surface area is 238 Å². The molecule has 0 aliphatic carbocycles. The molecular weight excluding hydrogens is 516 g/mol. The SMILES string of the molecule is Cc1ccccc1C(=O)Nc1cccc(SC(C(=O)Nc2ccc(Oc3ccccc3)cc2)c2ccccc2)c1.